The SMILES string of the molecule is O=c1c2ncn(C3CCC(CO)O3)c2nc2n(CCc3ccc([N+](=O)[O-])cc3)ccn12. The van der Waals surface area contributed by atoms with Gasteiger partial charge in [-0.05, 0) is 24.8 Å². The fourth-order valence-corrected chi connectivity index (χ4v) is 3.97. The van der Waals surface area contributed by atoms with E-state index in [-0.39, 0.29) is 35.7 Å². The third-order valence-corrected chi connectivity index (χ3v) is 5.65. The molecule has 11 nitrogen and oxygen atoms in total. The molecule has 1 aliphatic rings. The van der Waals surface area contributed by atoms with Crippen LogP contribution in [0.3, 0.4) is 0 Å². The lowest BCUT2D eigenvalue weighted by atomic mass is 10.1. The minimum absolute atomic E-state index is 0.0467. The molecule has 11 heteroatoms. The summed E-state index contributed by atoms with van der Waals surface area (Å²) in [6, 6.07) is 6.42. The molecule has 0 bridgehead atoms. The highest BCUT2D eigenvalue weighted by Gasteiger charge is 2.28. The van der Waals surface area contributed by atoms with E-state index in [0.717, 1.165) is 12.0 Å². The van der Waals surface area contributed by atoms with E-state index in [2.05, 4.69) is 4.98 Å². The molecule has 4 aromatic rings. The number of hydrogen-bond acceptors (Lipinski definition) is 7. The largest absolute Gasteiger partial charge is 0.394 e. The molecule has 4 heterocycles. The number of rotatable bonds is 6. The third kappa shape index (κ3) is 3.37. The van der Waals surface area contributed by atoms with Gasteiger partial charge in [-0.25, -0.2) is 9.38 Å². The second-order valence-corrected chi connectivity index (χ2v) is 7.55. The number of benzene rings is 1. The normalized spacial score (nSPS) is 18.9. The molecule has 1 saturated heterocycles. The summed E-state index contributed by atoms with van der Waals surface area (Å²) in [4.78, 5) is 32.2. The van der Waals surface area contributed by atoms with Crippen molar-refractivity contribution >= 4 is 22.6 Å². The number of aliphatic hydroxyl groups excluding tert-OH is 1. The van der Waals surface area contributed by atoms with Crippen molar-refractivity contribution in [1.82, 2.24) is 23.5 Å². The van der Waals surface area contributed by atoms with Crippen molar-refractivity contribution in [3.63, 3.8) is 0 Å². The summed E-state index contributed by atoms with van der Waals surface area (Å²) < 4.78 is 10.9. The summed E-state index contributed by atoms with van der Waals surface area (Å²) in [5.41, 5.74) is 1.45. The predicted molar refractivity (Wildman–Crippen MR) is 110 cm³/mol. The minimum atomic E-state index is -0.426. The maximum Gasteiger partial charge on any atom is 0.287 e. The number of aromatic nitrogens is 5. The molecule has 5 rings (SSSR count). The predicted octanol–water partition coefficient (Wildman–Crippen LogP) is 1.67. The first-order chi connectivity index (χ1) is 15.0. The molecule has 1 aromatic carbocycles. The molecule has 1 fully saturated rings. The number of nitrogens with zero attached hydrogens (tertiary/aromatic N) is 6. The zero-order valence-electron chi connectivity index (χ0n) is 16.5. The molecule has 0 aliphatic carbocycles. The number of nitro groups is 1. The van der Waals surface area contributed by atoms with Gasteiger partial charge in [-0.15, -0.1) is 0 Å². The molecule has 2 atom stereocenters. The van der Waals surface area contributed by atoms with Gasteiger partial charge in [0.25, 0.3) is 11.2 Å². The Labute approximate surface area is 175 Å². The number of fused-ring (bicyclic) bond motifs is 2. The van der Waals surface area contributed by atoms with Crippen LogP contribution in [0.25, 0.3) is 16.9 Å². The Morgan fingerprint density at radius 3 is 2.74 bits per heavy atom. The van der Waals surface area contributed by atoms with Crippen molar-refractivity contribution in [3.05, 3.63) is 69.0 Å². The molecule has 31 heavy (non-hydrogen) atoms. The van der Waals surface area contributed by atoms with E-state index >= 15 is 0 Å². The zero-order chi connectivity index (χ0) is 21.5. The van der Waals surface area contributed by atoms with E-state index in [4.69, 9.17) is 9.72 Å². The lowest BCUT2D eigenvalue weighted by Crippen LogP contribution is -2.18. The minimum Gasteiger partial charge on any atom is -0.394 e. The quantitative estimate of drug-likeness (QED) is 0.368. The summed E-state index contributed by atoms with van der Waals surface area (Å²) in [5, 5.41) is 20.1. The van der Waals surface area contributed by atoms with E-state index in [1.165, 1.54) is 16.5 Å². The Kier molecular flexibility index (Phi) is 4.75. The van der Waals surface area contributed by atoms with Crippen molar-refractivity contribution in [3.8, 4) is 0 Å². The molecule has 0 spiro atoms. The van der Waals surface area contributed by atoms with E-state index in [1.807, 2.05) is 4.57 Å². The molecule has 3 aromatic heterocycles. The Hall–Kier alpha value is -3.57. The molecule has 160 valence electrons. The van der Waals surface area contributed by atoms with Crippen molar-refractivity contribution in [1.29, 1.82) is 0 Å². The fraction of sp³-hybridized carbons (Fsp3) is 0.350. The summed E-state index contributed by atoms with van der Waals surface area (Å²) in [5.74, 6) is 0.484. The Morgan fingerprint density at radius 2 is 2.03 bits per heavy atom. The van der Waals surface area contributed by atoms with Gasteiger partial charge in [-0.1, -0.05) is 12.1 Å². The average Bonchev–Trinajstić information content (AvgIpc) is 3.51. The van der Waals surface area contributed by atoms with Crippen LogP contribution in [0.5, 0.6) is 0 Å². The molecular formula is C20H20N6O5. The molecule has 0 amide bonds. The van der Waals surface area contributed by atoms with Crippen LogP contribution in [0.4, 0.5) is 5.69 Å². The van der Waals surface area contributed by atoms with Crippen LogP contribution in [0.1, 0.15) is 24.6 Å². The van der Waals surface area contributed by atoms with Crippen LogP contribution in [-0.2, 0) is 17.7 Å². The monoisotopic (exact) mass is 424 g/mol. The van der Waals surface area contributed by atoms with Crippen LogP contribution in [0.15, 0.2) is 47.8 Å². The van der Waals surface area contributed by atoms with E-state index in [9.17, 15) is 20.0 Å². The highest BCUT2D eigenvalue weighted by atomic mass is 16.6. The van der Waals surface area contributed by atoms with Gasteiger partial charge in [0.2, 0.25) is 5.78 Å². The van der Waals surface area contributed by atoms with E-state index in [1.54, 1.807) is 35.4 Å². The van der Waals surface area contributed by atoms with E-state index in [0.29, 0.717) is 30.8 Å². The van der Waals surface area contributed by atoms with Gasteiger partial charge in [-0.3, -0.25) is 19.5 Å². The first-order valence-electron chi connectivity index (χ1n) is 9.99. The second-order valence-electron chi connectivity index (χ2n) is 7.55. The van der Waals surface area contributed by atoms with Gasteiger partial charge in [0.05, 0.1) is 24.0 Å². The van der Waals surface area contributed by atoms with Crippen molar-refractivity contribution in [2.75, 3.05) is 6.61 Å². The van der Waals surface area contributed by atoms with Crippen molar-refractivity contribution in [2.45, 2.75) is 38.1 Å². The lowest BCUT2D eigenvalue weighted by Gasteiger charge is -2.14. The van der Waals surface area contributed by atoms with Gasteiger partial charge in [-0.2, -0.15) is 4.98 Å². The number of nitro benzene ring substituents is 1. The molecule has 0 radical (unpaired) electrons. The molecule has 2 unspecified atom stereocenters. The van der Waals surface area contributed by atoms with Gasteiger partial charge >= 0.3 is 0 Å². The highest BCUT2D eigenvalue weighted by Crippen LogP contribution is 2.29. The maximum atomic E-state index is 12.9. The number of aliphatic hydroxyl groups is 1. The first-order valence-corrected chi connectivity index (χ1v) is 9.99. The second kappa shape index (κ2) is 7.60. The van der Waals surface area contributed by atoms with E-state index < -0.39 is 4.92 Å². The van der Waals surface area contributed by atoms with Crippen LogP contribution >= 0.6 is 0 Å². The first kappa shape index (κ1) is 19.4. The number of imidazole rings is 2. The Morgan fingerprint density at radius 1 is 1.23 bits per heavy atom. The smallest absolute Gasteiger partial charge is 0.287 e. The van der Waals surface area contributed by atoms with Crippen LogP contribution < -0.4 is 5.56 Å². The van der Waals surface area contributed by atoms with Crippen LogP contribution in [-0.4, -0.2) is 46.2 Å². The number of ether oxygens (including phenoxy) is 1. The summed E-state index contributed by atoms with van der Waals surface area (Å²) in [7, 11) is 0. The number of hydrogen-bond donors (Lipinski definition) is 1. The van der Waals surface area contributed by atoms with Crippen molar-refractivity contribution in [2.24, 2.45) is 0 Å². The van der Waals surface area contributed by atoms with Gasteiger partial charge in [0.1, 0.15) is 6.23 Å². The fourth-order valence-electron chi connectivity index (χ4n) is 3.97. The summed E-state index contributed by atoms with van der Waals surface area (Å²) in [6.07, 6.45) is 6.52. The topological polar surface area (TPSA) is 130 Å². The lowest BCUT2D eigenvalue weighted by molar-refractivity contribution is -0.384. The van der Waals surface area contributed by atoms with Crippen LogP contribution in [0, 0.1) is 10.1 Å². The van der Waals surface area contributed by atoms with Gasteiger partial charge in [0, 0.05) is 31.1 Å². The standard InChI is InChI=1S/C20H20N6O5/c27-11-15-5-6-16(31-15)25-12-21-17-18(25)22-20-23(9-10-24(20)19(17)28)8-7-13-1-3-14(4-2-13)26(29)30/h1-4,9-10,12,15-16,27H,5-8,11H2. The molecular weight excluding hydrogens is 404 g/mol. The molecule has 1 aliphatic heterocycles. The third-order valence-electron chi connectivity index (χ3n) is 5.65. The average molecular weight is 424 g/mol. The Balaban J connectivity index is 1.46. The number of aryl methyl sites for hydroxylation is 2. The summed E-state index contributed by atoms with van der Waals surface area (Å²) >= 11 is 0. The van der Waals surface area contributed by atoms with Gasteiger partial charge < -0.3 is 14.4 Å². The Bertz CT molecular complexity index is 1320. The molecule has 1 N–H and O–H groups in total. The van der Waals surface area contributed by atoms with Gasteiger partial charge in [0.15, 0.2) is 11.2 Å². The number of non-ortho nitro benzene ring substituents is 1. The summed E-state index contributed by atoms with van der Waals surface area (Å²) in [6.45, 7) is 0.502. The highest BCUT2D eigenvalue weighted by molar-refractivity contribution is 5.71. The molecule has 0 saturated carbocycles. The van der Waals surface area contributed by atoms with Crippen LogP contribution in [0.2, 0.25) is 0 Å². The maximum absolute atomic E-state index is 12.9. The zero-order valence-corrected chi connectivity index (χ0v) is 16.5. The van der Waals surface area contributed by atoms with Crippen molar-refractivity contribution < 1.29 is 14.8 Å².